The molecule has 0 aliphatic heterocycles. The van der Waals surface area contributed by atoms with Crippen LogP contribution in [-0.4, -0.2) is 53.7 Å². The Morgan fingerprint density at radius 1 is 0.967 bits per heavy atom. The number of aromatic hydroxyl groups is 2. The number of Topliss-reactive ketones (excluding diaryl/α,β-unsaturated/α-hetero) is 2. The summed E-state index contributed by atoms with van der Waals surface area (Å²) in [5.74, 6) is -3.00. The molecular formula is C23H23NO6. The van der Waals surface area contributed by atoms with Crippen LogP contribution in [0.25, 0.3) is 17.7 Å². The number of ether oxygens (including phenoxy) is 1. The SMILES string of the molecule is C=c1cc/c(=C2\C(=O)C(=O)C(c3ccc(N(CC)CCOC)cc3O)=C2O)c(O)c1. The molecule has 0 radical (unpaired) electrons. The Labute approximate surface area is 173 Å². The third-order valence-electron chi connectivity index (χ3n) is 5.03. The van der Waals surface area contributed by atoms with Crippen molar-refractivity contribution in [1.82, 2.24) is 0 Å². The molecule has 2 aromatic carbocycles. The van der Waals surface area contributed by atoms with Gasteiger partial charge in [0.1, 0.15) is 17.3 Å². The number of carbonyl (C=O) groups is 2. The normalized spacial score (nSPS) is 15.8. The number of phenols is 2. The average Bonchev–Trinajstić information content (AvgIpc) is 2.92. The summed E-state index contributed by atoms with van der Waals surface area (Å²) in [5, 5.41) is 31.9. The Bertz CT molecular complexity index is 1160. The third kappa shape index (κ3) is 3.67. The quantitative estimate of drug-likeness (QED) is 0.617. The van der Waals surface area contributed by atoms with Crippen molar-refractivity contribution >= 4 is 35.0 Å². The summed E-state index contributed by atoms with van der Waals surface area (Å²) in [7, 11) is 1.60. The fourth-order valence-corrected chi connectivity index (χ4v) is 3.45. The monoisotopic (exact) mass is 409 g/mol. The molecule has 0 saturated carbocycles. The lowest BCUT2D eigenvalue weighted by atomic mass is 10.0. The van der Waals surface area contributed by atoms with Gasteiger partial charge in [-0.25, -0.2) is 0 Å². The van der Waals surface area contributed by atoms with Crippen molar-refractivity contribution in [3.05, 3.63) is 58.2 Å². The van der Waals surface area contributed by atoms with Crippen LogP contribution in [0.15, 0.2) is 42.2 Å². The molecule has 0 aromatic heterocycles. The molecule has 0 unspecified atom stereocenters. The Kier molecular flexibility index (Phi) is 5.94. The minimum Gasteiger partial charge on any atom is -0.507 e. The molecule has 1 aliphatic carbocycles. The molecule has 3 rings (SSSR count). The molecule has 0 bridgehead atoms. The van der Waals surface area contributed by atoms with E-state index in [0.29, 0.717) is 30.6 Å². The molecule has 30 heavy (non-hydrogen) atoms. The number of aliphatic hydroxyl groups excluding tert-OH is 1. The maximum Gasteiger partial charge on any atom is 0.238 e. The highest BCUT2D eigenvalue weighted by atomic mass is 16.5. The van der Waals surface area contributed by atoms with Crippen LogP contribution in [0, 0.1) is 0 Å². The minimum absolute atomic E-state index is 0.0288. The minimum atomic E-state index is -0.951. The number of likely N-dealkylation sites (N-methyl/N-ethyl adjacent to an activating group) is 1. The van der Waals surface area contributed by atoms with E-state index in [1.54, 1.807) is 19.2 Å². The van der Waals surface area contributed by atoms with E-state index < -0.39 is 17.3 Å². The van der Waals surface area contributed by atoms with Gasteiger partial charge in [-0.2, -0.15) is 0 Å². The smallest absolute Gasteiger partial charge is 0.238 e. The van der Waals surface area contributed by atoms with Crippen molar-refractivity contribution in [3.8, 4) is 11.5 Å². The first-order chi connectivity index (χ1) is 14.3. The number of benzene rings is 2. The zero-order valence-electron chi connectivity index (χ0n) is 16.8. The van der Waals surface area contributed by atoms with E-state index in [1.807, 2.05) is 11.8 Å². The van der Waals surface area contributed by atoms with Crippen LogP contribution in [0.1, 0.15) is 12.5 Å². The van der Waals surface area contributed by atoms with Crippen LogP contribution in [0.5, 0.6) is 11.5 Å². The van der Waals surface area contributed by atoms with Crippen molar-refractivity contribution < 1.29 is 29.6 Å². The van der Waals surface area contributed by atoms with Crippen molar-refractivity contribution in [1.29, 1.82) is 0 Å². The maximum atomic E-state index is 12.6. The lowest BCUT2D eigenvalue weighted by Gasteiger charge is -2.23. The third-order valence-corrected chi connectivity index (χ3v) is 5.03. The fourth-order valence-electron chi connectivity index (χ4n) is 3.45. The summed E-state index contributed by atoms with van der Waals surface area (Å²) in [6, 6.07) is 8.94. The van der Waals surface area contributed by atoms with Gasteiger partial charge in [0.05, 0.1) is 17.8 Å². The molecule has 0 amide bonds. The summed E-state index contributed by atoms with van der Waals surface area (Å²) in [5.41, 5.74) is 0.157. The summed E-state index contributed by atoms with van der Waals surface area (Å²) < 4.78 is 5.09. The van der Waals surface area contributed by atoms with Gasteiger partial charge in [0.2, 0.25) is 11.6 Å². The first-order valence-corrected chi connectivity index (χ1v) is 9.42. The molecule has 156 valence electrons. The molecule has 7 nitrogen and oxygen atoms in total. The van der Waals surface area contributed by atoms with Crippen LogP contribution in [0.2, 0.25) is 0 Å². The van der Waals surface area contributed by atoms with Gasteiger partial charge in [-0.05, 0) is 36.4 Å². The standard InChI is InChI=1S/C23H23NO6/c1-4-24(9-10-30-3)14-6-8-16(18(26)12-14)20-21(27)19(22(28)23(20)29)15-7-5-13(2)11-17(15)25/h5-8,11-12,25-27H,2,4,9-10H2,1,3H3/b19-15+. The van der Waals surface area contributed by atoms with Crippen molar-refractivity contribution in [2.75, 3.05) is 31.7 Å². The second-order valence-corrected chi connectivity index (χ2v) is 6.88. The number of ketones is 2. The highest BCUT2D eigenvalue weighted by molar-refractivity contribution is 6.70. The van der Waals surface area contributed by atoms with E-state index in [4.69, 9.17) is 4.74 Å². The molecule has 0 heterocycles. The first-order valence-electron chi connectivity index (χ1n) is 9.42. The molecule has 0 saturated heterocycles. The van der Waals surface area contributed by atoms with E-state index in [1.165, 1.54) is 24.3 Å². The number of anilines is 1. The molecule has 3 N–H and O–H groups in total. The van der Waals surface area contributed by atoms with E-state index >= 15 is 0 Å². The first kappa shape index (κ1) is 21.1. The second-order valence-electron chi connectivity index (χ2n) is 6.88. The summed E-state index contributed by atoms with van der Waals surface area (Å²) in [4.78, 5) is 27.2. The Morgan fingerprint density at radius 3 is 2.27 bits per heavy atom. The van der Waals surface area contributed by atoms with Crippen LogP contribution in [0.4, 0.5) is 5.69 Å². The highest BCUT2D eigenvalue weighted by Crippen LogP contribution is 2.37. The number of methoxy groups -OCH3 is 1. The Morgan fingerprint density at radius 2 is 1.67 bits per heavy atom. The van der Waals surface area contributed by atoms with Crippen LogP contribution in [-0.2, 0) is 14.3 Å². The predicted octanol–water partition coefficient (Wildman–Crippen LogP) is 1.25. The number of hydrogen-bond donors (Lipinski definition) is 3. The van der Waals surface area contributed by atoms with E-state index in [0.717, 1.165) is 0 Å². The van der Waals surface area contributed by atoms with Gasteiger partial charge in [0, 0.05) is 42.7 Å². The number of allylic oxidation sites excluding steroid dienone is 2. The van der Waals surface area contributed by atoms with Crippen molar-refractivity contribution in [2.45, 2.75) is 6.92 Å². The molecule has 0 atom stereocenters. The Hall–Kier alpha value is -3.58. The number of carbonyl (C=O) groups excluding carboxylic acids is 2. The van der Waals surface area contributed by atoms with E-state index in [2.05, 4.69) is 6.58 Å². The van der Waals surface area contributed by atoms with Gasteiger partial charge >= 0.3 is 0 Å². The number of phenolic OH excluding ortho intramolecular Hbond substituents is 2. The van der Waals surface area contributed by atoms with Crippen LogP contribution >= 0.6 is 0 Å². The molecule has 2 aromatic rings. The number of aliphatic hydroxyl groups is 1. The molecule has 7 heteroatoms. The van der Waals surface area contributed by atoms with Crippen molar-refractivity contribution in [2.24, 2.45) is 0 Å². The molecular weight excluding hydrogens is 386 g/mol. The molecule has 0 fully saturated rings. The van der Waals surface area contributed by atoms with Gasteiger partial charge in [-0.15, -0.1) is 0 Å². The van der Waals surface area contributed by atoms with Gasteiger partial charge < -0.3 is 25.0 Å². The lowest BCUT2D eigenvalue weighted by Crippen LogP contribution is -2.26. The van der Waals surface area contributed by atoms with Gasteiger partial charge in [0.15, 0.2) is 0 Å². The number of nitrogens with zero attached hydrogens (tertiary/aromatic N) is 1. The zero-order chi connectivity index (χ0) is 22.0. The summed E-state index contributed by atoms with van der Waals surface area (Å²) >= 11 is 0. The fraction of sp³-hybridized carbons (Fsp3) is 0.217. The van der Waals surface area contributed by atoms with Crippen molar-refractivity contribution in [3.63, 3.8) is 0 Å². The summed E-state index contributed by atoms with van der Waals surface area (Å²) in [6.45, 7) is 7.43. The zero-order valence-corrected chi connectivity index (χ0v) is 16.8. The molecule has 1 aliphatic rings. The van der Waals surface area contributed by atoms with Gasteiger partial charge in [0.25, 0.3) is 0 Å². The van der Waals surface area contributed by atoms with Crippen LogP contribution < -0.4 is 15.3 Å². The number of hydrogen-bond acceptors (Lipinski definition) is 7. The van der Waals surface area contributed by atoms with E-state index in [9.17, 15) is 24.9 Å². The predicted molar refractivity (Wildman–Crippen MR) is 114 cm³/mol. The van der Waals surface area contributed by atoms with Gasteiger partial charge in [-0.1, -0.05) is 12.6 Å². The van der Waals surface area contributed by atoms with Gasteiger partial charge in [-0.3, -0.25) is 9.59 Å². The average molecular weight is 409 g/mol. The van der Waals surface area contributed by atoms with Crippen LogP contribution in [0.3, 0.4) is 0 Å². The highest BCUT2D eigenvalue weighted by Gasteiger charge is 2.39. The molecule has 0 spiro atoms. The lowest BCUT2D eigenvalue weighted by molar-refractivity contribution is -0.129. The number of rotatable bonds is 6. The van der Waals surface area contributed by atoms with E-state index in [-0.39, 0.29) is 33.4 Å². The second kappa shape index (κ2) is 8.42. The maximum absolute atomic E-state index is 12.6. The topological polar surface area (TPSA) is 107 Å². The summed E-state index contributed by atoms with van der Waals surface area (Å²) in [6.07, 6.45) is 0. The largest absolute Gasteiger partial charge is 0.507 e. The Balaban J connectivity index is 2.13.